The van der Waals surface area contributed by atoms with Crippen molar-refractivity contribution >= 4 is 17.3 Å². The fourth-order valence-corrected chi connectivity index (χ4v) is 3.29. The van der Waals surface area contributed by atoms with Gasteiger partial charge in [-0.3, -0.25) is 4.99 Å². The number of nitrogens with one attached hydrogen (secondary N) is 1. The minimum Gasteiger partial charge on any atom is -0.370 e. The van der Waals surface area contributed by atoms with Crippen LogP contribution in [0.15, 0.2) is 65.2 Å². The predicted octanol–water partition coefficient (Wildman–Crippen LogP) is 2.68. The third-order valence-corrected chi connectivity index (χ3v) is 4.81. The van der Waals surface area contributed by atoms with Crippen LogP contribution >= 0.6 is 11.3 Å². The van der Waals surface area contributed by atoms with Crippen LogP contribution in [0.1, 0.15) is 16.3 Å². The molecule has 0 saturated heterocycles. The Morgan fingerprint density at radius 2 is 2.04 bits per heavy atom. The van der Waals surface area contributed by atoms with Crippen LogP contribution in [0, 0.1) is 0 Å². The Bertz CT molecular complexity index is 777. The zero-order valence-corrected chi connectivity index (χ0v) is 15.0. The zero-order chi connectivity index (χ0) is 17.3. The summed E-state index contributed by atoms with van der Waals surface area (Å²) in [5.74, 6) is 1.54. The van der Waals surface area contributed by atoms with Crippen molar-refractivity contribution in [3.05, 3.63) is 76.5 Å². The van der Waals surface area contributed by atoms with E-state index in [2.05, 4.69) is 61.6 Å². The van der Waals surface area contributed by atoms with E-state index in [0.29, 0.717) is 12.5 Å². The van der Waals surface area contributed by atoms with Gasteiger partial charge in [0.05, 0.1) is 0 Å². The molecular weight excluding hydrogens is 330 g/mol. The molecule has 2 aromatic heterocycles. The molecule has 6 heteroatoms. The molecule has 2 heterocycles. The molecule has 5 nitrogen and oxygen atoms in total. The second-order valence-corrected chi connectivity index (χ2v) is 6.76. The maximum atomic E-state index is 5.93. The van der Waals surface area contributed by atoms with E-state index in [1.807, 2.05) is 18.5 Å². The lowest BCUT2D eigenvalue weighted by atomic mass is 10.2. The van der Waals surface area contributed by atoms with Crippen molar-refractivity contribution in [2.45, 2.75) is 19.4 Å². The molecule has 0 bridgehead atoms. The van der Waals surface area contributed by atoms with Crippen LogP contribution in [0.5, 0.6) is 0 Å². The van der Waals surface area contributed by atoms with Gasteiger partial charge in [0.15, 0.2) is 5.96 Å². The molecule has 1 aromatic carbocycles. The van der Waals surface area contributed by atoms with Crippen molar-refractivity contribution in [1.82, 2.24) is 14.9 Å². The summed E-state index contributed by atoms with van der Waals surface area (Å²) in [7, 11) is 0. The molecule has 3 N–H and O–H groups in total. The van der Waals surface area contributed by atoms with E-state index in [1.165, 1.54) is 10.4 Å². The standard InChI is InChI=1S/C19H23N5S/c20-19(22-10-8-17-7-4-14-25-17)23-11-9-18-21-12-13-24(18)15-16-5-2-1-3-6-16/h1-7,12-14H,8-11,15H2,(H3,20,22,23). The maximum absolute atomic E-state index is 5.93. The summed E-state index contributed by atoms with van der Waals surface area (Å²) >= 11 is 1.75. The van der Waals surface area contributed by atoms with Gasteiger partial charge in [-0.05, 0) is 17.0 Å². The van der Waals surface area contributed by atoms with Gasteiger partial charge >= 0.3 is 0 Å². The molecule has 0 fully saturated rings. The van der Waals surface area contributed by atoms with Crippen molar-refractivity contribution in [1.29, 1.82) is 0 Å². The van der Waals surface area contributed by atoms with Gasteiger partial charge in [-0.2, -0.15) is 0 Å². The minimum atomic E-state index is 0.498. The van der Waals surface area contributed by atoms with Crippen LogP contribution in [0.4, 0.5) is 0 Å². The molecule has 0 saturated carbocycles. The Balaban J connectivity index is 1.43. The summed E-state index contributed by atoms with van der Waals surface area (Å²) in [5, 5.41) is 5.25. The highest BCUT2D eigenvalue weighted by Crippen LogP contribution is 2.08. The van der Waals surface area contributed by atoms with Gasteiger partial charge in [-0.25, -0.2) is 4.98 Å². The topological polar surface area (TPSA) is 68.2 Å². The average molecular weight is 353 g/mol. The van der Waals surface area contributed by atoms with Gasteiger partial charge in [-0.1, -0.05) is 36.4 Å². The summed E-state index contributed by atoms with van der Waals surface area (Å²) in [4.78, 5) is 10.2. The number of hydrogen-bond donors (Lipinski definition) is 2. The fraction of sp³-hybridized carbons (Fsp3) is 0.263. The molecule has 25 heavy (non-hydrogen) atoms. The molecule has 0 amide bonds. The van der Waals surface area contributed by atoms with Crippen LogP contribution in [0.2, 0.25) is 0 Å². The Kier molecular flexibility index (Phi) is 6.23. The number of aliphatic imine (C=N–C) groups is 1. The predicted molar refractivity (Wildman–Crippen MR) is 104 cm³/mol. The second-order valence-electron chi connectivity index (χ2n) is 5.73. The quantitative estimate of drug-likeness (QED) is 0.483. The first-order valence-corrected chi connectivity index (χ1v) is 9.29. The fourth-order valence-electron chi connectivity index (χ4n) is 2.59. The summed E-state index contributed by atoms with van der Waals surface area (Å²) in [6.07, 6.45) is 5.60. The number of aromatic nitrogens is 2. The third kappa shape index (κ3) is 5.46. The highest BCUT2D eigenvalue weighted by molar-refractivity contribution is 7.09. The molecule has 0 aliphatic heterocycles. The second kappa shape index (κ2) is 9.03. The normalized spacial score (nSPS) is 11.6. The summed E-state index contributed by atoms with van der Waals surface area (Å²) in [6, 6.07) is 14.6. The van der Waals surface area contributed by atoms with Crippen LogP contribution in [0.25, 0.3) is 0 Å². The Labute approximate surface area is 152 Å². The summed E-state index contributed by atoms with van der Waals surface area (Å²) < 4.78 is 2.17. The Morgan fingerprint density at radius 3 is 2.84 bits per heavy atom. The van der Waals surface area contributed by atoms with Crippen LogP contribution in [-0.4, -0.2) is 28.6 Å². The number of nitrogens with two attached hydrogens (primary N) is 1. The Morgan fingerprint density at radius 1 is 1.16 bits per heavy atom. The van der Waals surface area contributed by atoms with Gasteiger partial charge in [0.2, 0.25) is 0 Å². The van der Waals surface area contributed by atoms with Gasteiger partial charge in [0.25, 0.3) is 0 Å². The van der Waals surface area contributed by atoms with Crippen molar-refractivity contribution in [3.8, 4) is 0 Å². The van der Waals surface area contributed by atoms with E-state index in [0.717, 1.165) is 31.8 Å². The van der Waals surface area contributed by atoms with E-state index in [-0.39, 0.29) is 0 Å². The number of guanidine groups is 1. The molecule has 0 aliphatic carbocycles. The highest BCUT2D eigenvalue weighted by Gasteiger charge is 2.04. The lowest BCUT2D eigenvalue weighted by molar-refractivity contribution is 0.700. The third-order valence-electron chi connectivity index (χ3n) is 3.87. The lowest BCUT2D eigenvalue weighted by Crippen LogP contribution is -2.33. The van der Waals surface area contributed by atoms with Crippen LogP contribution in [0.3, 0.4) is 0 Å². The van der Waals surface area contributed by atoms with Crippen molar-refractivity contribution < 1.29 is 0 Å². The summed E-state index contributed by atoms with van der Waals surface area (Å²) in [6.45, 7) is 2.27. The van der Waals surface area contributed by atoms with E-state index >= 15 is 0 Å². The van der Waals surface area contributed by atoms with Gasteiger partial charge in [-0.15, -0.1) is 11.3 Å². The van der Waals surface area contributed by atoms with E-state index in [9.17, 15) is 0 Å². The van der Waals surface area contributed by atoms with E-state index < -0.39 is 0 Å². The zero-order valence-electron chi connectivity index (χ0n) is 14.1. The van der Waals surface area contributed by atoms with Gasteiger partial charge < -0.3 is 15.6 Å². The molecular formula is C19H23N5S. The largest absolute Gasteiger partial charge is 0.370 e. The number of nitrogens with zero attached hydrogens (tertiary/aromatic N) is 3. The summed E-state index contributed by atoms with van der Waals surface area (Å²) in [5.41, 5.74) is 7.20. The number of thiophene rings is 1. The van der Waals surface area contributed by atoms with Crippen LogP contribution in [-0.2, 0) is 19.4 Å². The van der Waals surface area contributed by atoms with Gasteiger partial charge in [0, 0.05) is 49.7 Å². The maximum Gasteiger partial charge on any atom is 0.188 e. The first-order valence-electron chi connectivity index (χ1n) is 8.41. The molecule has 0 unspecified atom stereocenters. The minimum absolute atomic E-state index is 0.498. The van der Waals surface area contributed by atoms with Crippen molar-refractivity contribution in [3.63, 3.8) is 0 Å². The smallest absolute Gasteiger partial charge is 0.188 e. The van der Waals surface area contributed by atoms with E-state index in [1.54, 1.807) is 11.3 Å². The molecule has 0 spiro atoms. The molecule has 0 aliphatic rings. The number of hydrogen-bond acceptors (Lipinski definition) is 3. The van der Waals surface area contributed by atoms with Crippen molar-refractivity contribution in [2.75, 3.05) is 13.1 Å². The molecule has 0 atom stereocenters. The molecule has 0 radical (unpaired) electrons. The number of rotatable bonds is 8. The Hall–Kier alpha value is -2.60. The molecule has 3 aromatic rings. The molecule has 130 valence electrons. The number of benzene rings is 1. The highest BCUT2D eigenvalue weighted by atomic mass is 32.1. The van der Waals surface area contributed by atoms with E-state index in [4.69, 9.17) is 5.73 Å². The molecule has 3 rings (SSSR count). The van der Waals surface area contributed by atoms with Gasteiger partial charge in [0.1, 0.15) is 5.82 Å². The number of imidazole rings is 1. The average Bonchev–Trinajstić information content (AvgIpc) is 3.28. The first-order chi connectivity index (χ1) is 12.3. The van der Waals surface area contributed by atoms with Crippen LogP contribution < -0.4 is 11.1 Å². The first kappa shape index (κ1) is 17.2. The lowest BCUT2D eigenvalue weighted by Gasteiger charge is -2.09. The SMILES string of the molecule is NC(=NCCc1cccs1)NCCc1nccn1Cc1ccccc1. The van der Waals surface area contributed by atoms with Crippen molar-refractivity contribution in [2.24, 2.45) is 10.7 Å². The monoisotopic (exact) mass is 353 g/mol.